The summed E-state index contributed by atoms with van der Waals surface area (Å²) in [5, 5.41) is 0. The molecule has 3 N–H and O–H groups in total. The second-order valence-corrected chi connectivity index (χ2v) is 5.32. The molecule has 2 atom stereocenters. The molecule has 2 rings (SSSR count). The molecular formula is C16H26N2O2. The summed E-state index contributed by atoms with van der Waals surface area (Å²) >= 11 is 0. The van der Waals surface area contributed by atoms with E-state index in [0.29, 0.717) is 6.10 Å². The normalized spacial score (nSPS) is 20.0. The molecule has 4 heteroatoms. The van der Waals surface area contributed by atoms with Gasteiger partial charge >= 0.3 is 0 Å². The molecule has 1 aliphatic heterocycles. The van der Waals surface area contributed by atoms with Gasteiger partial charge in [-0.15, -0.1) is 0 Å². The lowest BCUT2D eigenvalue weighted by molar-refractivity contribution is 0.0994. The zero-order chi connectivity index (χ0) is 14.2. The van der Waals surface area contributed by atoms with Crippen molar-refractivity contribution < 1.29 is 9.47 Å². The average Bonchev–Trinajstić information content (AvgIpc) is 3.00. The summed E-state index contributed by atoms with van der Waals surface area (Å²) in [5.41, 5.74) is 4.06. The van der Waals surface area contributed by atoms with Gasteiger partial charge in [-0.2, -0.15) is 0 Å². The van der Waals surface area contributed by atoms with Gasteiger partial charge in [0.05, 0.1) is 12.7 Å². The second kappa shape index (κ2) is 8.25. The number of benzene rings is 1. The van der Waals surface area contributed by atoms with Gasteiger partial charge in [0.2, 0.25) is 0 Å². The largest absolute Gasteiger partial charge is 0.493 e. The van der Waals surface area contributed by atoms with E-state index in [1.54, 1.807) is 0 Å². The van der Waals surface area contributed by atoms with E-state index in [4.69, 9.17) is 15.3 Å². The summed E-state index contributed by atoms with van der Waals surface area (Å²) in [6.45, 7) is 3.75. The van der Waals surface area contributed by atoms with E-state index in [9.17, 15) is 0 Å². The Hall–Kier alpha value is -1.10. The minimum atomic E-state index is 0.118. The Bertz CT molecular complexity index is 392. The Morgan fingerprint density at radius 2 is 2.30 bits per heavy atom. The maximum Gasteiger partial charge on any atom is 0.124 e. The first kappa shape index (κ1) is 15.3. The van der Waals surface area contributed by atoms with Crippen LogP contribution in [0.25, 0.3) is 0 Å². The number of nitrogens with one attached hydrogen (secondary N) is 1. The highest BCUT2D eigenvalue weighted by atomic mass is 16.5. The van der Waals surface area contributed by atoms with Crippen LogP contribution in [0.4, 0.5) is 0 Å². The molecule has 1 saturated heterocycles. The van der Waals surface area contributed by atoms with Crippen LogP contribution in [0.15, 0.2) is 24.3 Å². The first-order valence-corrected chi connectivity index (χ1v) is 7.64. The van der Waals surface area contributed by atoms with E-state index in [2.05, 4.69) is 18.4 Å². The van der Waals surface area contributed by atoms with Crippen LogP contribution in [-0.2, 0) is 4.74 Å². The molecule has 1 aromatic carbocycles. The van der Waals surface area contributed by atoms with Gasteiger partial charge in [-0.05, 0) is 38.2 Å². The van der Waals surface area contributed by atoms with Crippen molar-refractivity contribution in [1.82, 2.24) is 5.43 Å². The third-order valence-electron chi connectivity index (χ3n) is 3.76. The van der Waals surface area contributed by atoms with E-state index < -0.39 is 0 Å². The minimum absolute atomic E-state index is 0.118. The second-order valence-electron chi connectivity index (χ2n) is 5.32. The molecule has 0 amide bonds. The third kappa shape index (κ3) is 4.20. The highest BCUT2D eigenvalue weighted by Gasteiger charge is 2.20. The van der Waals surface area contributed by atoms with Gasteiger partial charge in [0, 0.05) is 18.2 Å². The molecule has 0 aromatic heterocycles. The zero-order valence-corrected chi connectivity index (χ0v) is 12.3. The molecule has 0 radical (unpaired) electrons. The number of ether oxygens (including phenoxy) is 2. The molecule has 0 spiro atoms. The molecule has 1 aliphatic rings. The standard InChI is InChI=1S/C16H26N2O2/c1-2-11-20-16-8-4-3-7-14(16)15(18-17)10-9-13-6-5-12-19-13/h3-4,7-8,13,15,18H,2,5-6,9-12,17H2,1H3. The van der Waals surface area contributed by atoms with Crippen molar-refractivity contribution in [3.8, 4) is 5.75 Å². The fraction of sp³-hybridized carbons (Fsp3) is 0.625. The van der Waals surface area contributed by atoms with Crippen molar-refractivity contribution in [1.29, 1.82) is 0 Å². The Balaban J connectivity index is 1.98. The average molecular weight is 278 g/mol. The molecule has 0 saturated carbocycles. The number of hydrogen-bond donors (Lipinski definition) is 2. The number of nitrogens with two attached hydrogens (primary N) is 1. The lowest BCUT2D eigenvalue weighted by Crippen LogP contribution is -2.29. The summed E-state index contributed by atoms with van der Waals surface area (Å²) in [4.78, 5) is 0. The first-order chi connectivity index (χ1) is 9.85. The van der Waals surface area contributed by atoms with E-state index in [-0.39, 0.29) is 6.04 Å². The van der Waals surface area contributed by atoms with Crippen LogP contribution in [0, 0.1) is 0 Å². The maximum absolute atomic E-state index is 5.81. The van der Waals surface area contributed by atoms with Crippen LogP contribution < -0.4 is 16.0 Å². The highest BCUT2D eigenvalue weighted by molar-refractivity contribution is 5.35. The quantitative estimate of drug-likeness (QED) is 0.567. The molecule has 1 fully saturated rings. The van der Waals surface area contributed by atoms with E-state index >= 15 is 0 Å². The highest BCUT2D eigenvalue weighted by Crippen LogP contribution is 2.29. The van der Waals surface area contributed by atoms with Crippen molar-refractivity contribution in [2.45, 2.75) is 51.2 Å². The van der Waals surface area contributed by atoms with E-state index in [1.807, 2.05) is 18.2 Å². The molecule has 2 unspecified atom stereocenters. The van der Waals surface area contributed by atoms with Crippen LogP contribution >= 0.6 is 0 Å². The number of para-hydroxylation sites is 1. The summed E-state index contributed by atoms with van der Waals surface area (Å²) in [7, 11) is 0. The summed E-state index contributed by atoms with van der Waals surface area (Å²) < 4.78 is 11.5. The molecule has 1 heterocycles. The summed E-state index contributed by atoms with van der Waals surface area (Å²) in [6, 6.07) is 8.26. The van der Waals surface area contributed by atoms with Crippen LogP contribution in [0.1, 0.15) is 50.6 Å². The zero-order valence-electron chi connectivity index (χ0n) is 12.3. The lowest BCUT2D eigenvalue weighted by Gasteiger charge is -2.21. The maximum atomic E-state index is 5.81. The Kier molecular flexibility index (Phi) is 6.30. The van der Waals surface area contributed by atoms with Crippen molar-refractivity contribution in [2.75, 3.05) is 13.2 Å². The van der Waals surface area contributed by atoms with Gasteiger partial charge in [0.1, 0.15) is 5.75 Å². The van der Waals surface area contributed by atoms with Crippen LogP contribution in [0.2, 0.25) is 0 Å². The summed E-state index contributed by atoms with van der Waals surface area (Å²) in [5.74, 6) is 6.68. The van der Waals surface area contributed by atoms with Gasteiger partial charge < -0.3 is 9.47 Å². The Morgan fingerprint density at radius 3 is 3.00 bits per heavy atom. The molecule has 1 aromatic rings. The van der Waals surface area contributed by atoms with Crippen molar-refractivity contribution in [2.24, 2.45) is 5.84 Å². The fourth-order valence-electron chi connectivity index (χ4n) is 2.67. The van der Waals surface area contributed by atoms with Gasteiger partial charge in [-0.25, -0.2) is 0 Å². The monoisotopic (exact) mass is 278 g/mol. The van der Waals surface area contributed by atoms with Crippen molar-refractivity contribution in [3.63, 3.8) is 0 Å². The molecule has 4 nitrogen and oxygen atoms in total. The van der Waals surface area contributed by atoms with Crippen LogP contribution in [0.5, 0.6) is 5.75 Å². The summed E-state index contributed by atoms with van der Waals surface area (Å²) in [6.07, 6.45) is 5.76. The minimum Gasteiger partial charge on any atom is -0.493 e. The predicted octanol–water partition coefficient (Wildman–Crippen LogP) is 2.94. The Morgan fingerprint density at radius 1 is 1.45 bits per heavy atom. The third-order valence-corrected chi connectivity index (χ3v) is 3.76. The number of hydrazine groups is 1. The smallest absolute Gasteiger partial charge is 0.124 e. The molecule has 0 aliphatic carbocycles. The van der Waals surface area contributed by atoms with Gasteiger partial charge in [0.25, 0.3) is 0 Å². The van der Waals surface area contributed by atoms with Gasteiger partial charge in [0.15, 0.2) is 0 Å². The Labute approximate surface area is 121 Å². The number of hydrogen-bond acceptors (Lipinski definition) is 4. The van der Waals surface area contributed by atoms with Crippen molar-refractivity contribution in [3.05, 3.63) is 29.8 Å². The van der Waals surface area contributed by atoms with Gasteiger partial charge in [-0.3, -0.25) is 11.3 Å². The molecule has 0 bridgehead atoms. The van der Waals surface area contributed by atoms with E-state index in [0.717, 1.165) is 43.8 Å². The SMILES string of the molecule is CCCOc1ccccc1C(CCC1CCCO1)NN. The molecular weight excluding hydrogens is 252 g/mol. The lowest BCUT2D eigenvalue weighted by atomic mass is 9.99. The van der Waals surface area contributed by atoms with E-state index in [1.165, 1.54) is 12.8 Å². The fourth-order valence-corrected chi connectivity index (χ4v) is 2.67. The van der Waals surface area contributed by atoms with Crippen molar-refractivity contribution >= 4 is 0 Å². The molecule has 112 valence electrons. The predicted molar refractivity (Wildman–Crippen MR) is 80.5 cm³/mol. The number of rotatable bonds is 8. The van der Waals surface area contributed by atoms with Crippen LogP contribution in [0.3, 0.4) is 0 Å². The van der Waals surface area contributed by atoms with Crippen LogP contribution in [-0.4, -0.2) is 19.3 Å². The molecule has 20 heavy (non-hydrogen) atoms. The first-order valence-electron chi connectivity index (χ1n) is 7.64. The topological polar surface area (TPSA) is 56.5 Å². The van der Waals surface area contributed by atoms with Gasteiger partial charge in [-0.1, -0.05) is 25.1 Å².